The standard InChI is InChI=1S/C11H11ClN2O3/c1-3-17-11(15)7-6-13-14-5-4-8(12)10(16-2)9(7)14/h4-6H,3H2,1-2H3. The highest BCUT2D eigenvalue weighted by Crippen LogP contribution is 2.31. The zero-order valence-corrected chi connectivity index (χ0v) is 10.2. The normalized spacial score (nSPS) is 10.5. The Labute approximate surface area is 103 Å². The first-order valence-corrected chi connectivity index (χ1v) is 5.43. The second kappa shape index (κ2) is 4.63. The highest BCUT2D eigenvalue weighted by Gasteiger charge is 2.19. The van der Waals surface area contributed by atoms with Crippen molar-refractivity contribution >= 4 is 23.1 Å². The van der Waals surface area contributed by atoms with Crippen molar-refractivity contribution in [1.82, 2.24) is 9.61 Å². The molecule has 0 saturated heterocycles. The van der Waals surface area contributed by atoms with Gasteiger partial charge in [0.2, 0.25) is 0 Å². The smallest absolute Gasteiger partial charge is 0.342 e. The minimum Gasteiger partial charge on any atom is -0.493 e. The Morgan fingerprint density at radius 3 is 3.00 bits per heavy atom. The SMILES string of the molecule is CCOC(=O)c1cnn2ccc(Cl)c(OC)c12. The van der Waals surface area contributed by atoms with Crippen LogP contribution in [0, 0.1) is 0 Å². The summed E-state index contributed by atoms with van der Waals surface area (Å²) in [7, 11) is 1.49. The van der Waals surface area contributed by atoms with Gasteiger partial charge in [0, 0.05) is 6.20 Å². The lowest BCUT2D eigenvalue weighted by atomic mass is 10.2. The van der Waals surface area contributed by atoms with Gasteiger partial charge in [-0.1, -0.05) is 11.6 Å². The number of ether oxygens (including phenoxy) is 2. The van der Waals surface area contributed by atoms with Crippen molar-refractivity contribution in [2.75, 3.05) is 13.7 Å². The summed E-state index contributed by atoms with van der Waals surface area (Å²) in [6.07, 6.45) is 3.09. The van der Waals surface area contributed by atoms with E-state index >= 15 is 0 Å². The van der Waals surface area contributed by atoms with Crippen LogP contribution in [0.2, 0.25) is 5.02 Å². The van der Waals surface area contributed by atoms with E-state index in [1.165, 1.54) is 17.8 Å². The molecular weight excluding hydrogens is 244 g/mol. The summed E-state index contributed by atoms with van der Waals surface area (Å²) >= 11 is 6.00. The summed E-state index contributed by atoms with van der Waals surface area (Å²) < 4.78 is 11.7. The number of fused-ring (bicyclic) bond motifs is 1. The van der Waals surface area contributed by atoms with E-state index in [0.29, 0.717) is 28.5 Å². The zero-order valence-electron chi connectivity index (χ0n) is 9.44. The van der Waals surface area contributed by atoms with Gasteiger partial charge in [-0.2, -0.15) is 5.10 Å². The molecular formula is C11H11ClN2O3. The van der Waals surface area contributed by atoms with Gasteiger partial charge in [-0.05, 0) is 13.0 Å². The molecule has 0 atom stereocenters. The number of pyridine rings is 1. The van der Waals surface area contributed by atoms with E-state index in [9.17, 15) is 4.79 Å². The fourth-order valence-corrected chi connectivity index (χ4v) is 1.80. The molecule has 0 unspecified atom stereocenters. The van der Waals surface area contributed by atoms with Crippen molar-refractivity contribution in [3.8, 4) is 5.75 Å². The number of aromatic nitrogens is 2. The lowest BCUT2D eigenvalue weighted by molar-refractivity contribution is 0.0528. The van der Waals surface area contributed by atoms with E-state index < -0.39 is 5.97 Å². The van der Waals surface area contributed by atoms with Crippen LogP contribution in [-0.4, -0.2) is 29.3 Å². The Morgan fingerprint density at radius 1 is 1.59 bits per heavy atom. The molecule has 5 nitrogen and oxygen atoms in total. The first-order chi connectivity index (χ1) is 8.19. The number of hydrogen-bond acceptors (Lipinski definition) is 4. The predicted molar refractivity (Wildman–Crippen MR) is 62.7 cm³/mol. The molecule has 0 N–H and O–H groups in total. The molecule has 0 radical (unpaired) electrons. The summed E-state index contributed by atoms with van der Waals surface area (Å²) in [5.74, 6) is -0.0298. The maximum atomic E-state index is 11.7. The van der Waals surface area contributed by atoms with Gasteiger partial charge in [0.05, 0.1) is 24.9 Å². The number of halogens is 1. The number of rotatable bonds is 3. The second-order valence-corrected chi connectivity index (χ2v) is 3.68. The molecule has 0 aliphatic carbocycles. The van der Waals surface area contributed by atoms with Crippen molar-refractivity contribution in [2.24, 2.45) is 0 Å². The topological polar surface area (TPSA) is 52.8 Å². The van der Waals surface area contributed by atoms with Gasteiger partial charge in [-0.25, -0.2) is 9.31 Å². The van der Waals surface area contributed by atoms with Crippen molar-refractivity contribution in [1.29, 1.82) is 0 Å². The third-order valence-electron chi connectivity index (χ3n) is 2.29. The monoisotopic (exact) mass is 254 g/mol. The lowest BCUT2D eigenvalue weighted by Gasteiger charge is -2.06. The number of methoxy groups -OCH3 is 1. The summed E-state index contributed by atoms with van der Waals surface area (Å²) in [4.78, 5) is 11.7. The third kappa shape index (κ3) is 1.93. The van der Waals surface area contributed by atoms with Gasteiger partial charge in [0.15, 0.2) is 5.75 Å². The Bertz CT molecular complexity index is 565. The van der Waals surface area contributed by atoms with Crippen molar-refractivity contribution in [3.05, 3.63) is 29.0 Å². The number of esters is 1. The fourth-order valence-electron chi connectivity index (χ4n) is 1.58. The first kappa shape index (κ1) is 11.7. The van der Waals surface area contributed by atoms with E-state index in [0.717, 1.165) is 0 Å². The van der Waals surface area contributed by atoms with E-state index in [2.05, 4.69) is 5.10 Å². The summed E-state index contributed by atoms with van der Waals surface area (Å²) in [6.45, 7) is 2.05. The van der Waals surface area contributed by atoms with Crippen LogP contribution < -0.4 is 4.74 Å². The average molecular weight is 255 g/mol. The third-order valence-corrected chi connectivity index (χ3v) is 2.59. The Kier molecular flexibility index (Phi) is 3.19. The Hall–Kier alpha value is -1.75. The minimum absolute atomic E-state index is 0.305. The molecule has 2 rings (SSSR count). The van der Waals surface area contributed by atoms with Crippen LogP contribution in [-0.2, 0) is 4.74 Å². The van der Waals surface area contributed by atoms with Crippen LogP contribution in [0.15, 0.2) is 18.5 Å². The van der Waals surface area contributed by atoms with Gasteiger partial charge in [0.25, 0.3) is 0 Å². The summed E-state index contributed by atoms with van der Waals surface area (Å²) in [5, 5.41) is 4.47. The van der Waals surface area contributed by atoms with Gasteiger partial charge in [-0.15, -0.1) is 0 Å². The molecule has 0 fully saturated rings. The summed E-state index contributed by atoms with van der Waals surface area (Å²) in [6, 6.07) is 1.65. The molecule has 17 heavy (non-hydrogen) atoms. The van der Waals surface area contributed by atoms with E-state index in [1.54, 1.807) is 19.2 Å². The van der Waals surface area contributed by atoms with Gasteiger partial charge >= 0.3 is 5.97 Å². The molecule has 0 aliphatic heterocycles. The molecule has 2 aromatic rings. The molecule has 6 heteroatoms. The molecule has 2 heterocycles. The summed E-state index contributed by atoms with van der Waals surface area (Å²) in [5.41, 5.74) is 0.852. The van der Waals surface area contributed by atoms with Crippen molar-refractivity contribution < 1.29 is 14.3 Å². The van der Waals surface area contributed by atoms with Crippen LogP contribution in [0.4, 0.5) is 0 Å². The number of carbonyl (C=O) groups is 1. The van der Waals surface area contributed by atoms with Crippen LogP contribution in [0.1, 0.15) is 17.3 Å². The Balaban J connectivity index is 2.65. The molecule has 0 spiro atoms. The molecule has 0 bridgehead atoms. The van der Waals surface area contributed by atoms with Crippen molar-refractivity contribution in [3.63, 3.8) is 0 Å². The van der Waals surface area contributed by atoms with E-state index in [4.69, 9.17) is 21.1 Å². The number of carbonyl (C=O) groups excluding carboxylic acids is 1. The molecule has 0 aromatic carbocycles. The molecule has 0 saturated carbocycles. The maximum absolute atomic E-state index is 11.7. The van der Waals surface area contributed by atoms with Crippen molar-refractivity contribution in [2.45, 2.75) is 6.92 Å². The zero-order chi connectivity index (χ0) is 12.4. The maximum Gasteiger partial charge on any atom is 0.342 e. The molecule has 90 valence electrons. The highest BCUT2D eigenvalue weighted by atomic mass is 35.5. The van der Waals surface area contributed by atoms with Crippen LogP contribution in [0.25, 0.3) is 5.52 Å². The van der Waals surface area contributed by atoms with E-state index in [1.807, 2.05) is 0 Å². The van der Waals surface area contributed by atoms with Crippen LogP contribution >= 0.6 is 11.6 Å². The largest absolute Gasteiger partial charge is 0.493 e. The van der Waals surface area contributed by atoms with Gasteiger partial charge in [-0.3, -0.25) is 0 Å². The second-order valence-electron chi connectivity index (χ2n) is 3.27. The Morgan fingerprint density at radius 2 is 2.35 bits per heavy atom. The predicted octanol–water partition coefficient (Wildman–Crippen LogP) is 2.17. The van der Waals surface area contributed by atoms with Gasteiger partial charge < -0.3 is 9.47 Å². The van der Waals surface area contributed by atoms with E-state index in [-0.39, 0.29) is 0 Å². The first-order valence-electron chi connectivity index (χ1n) is 5.06. The van der Waals surface area contributed by atoms with Crippen LogP contribution in [0.5, 0.6) is 5.75 Å². The molecule has 0 aliphatic rings. The number of nitrogens with zero attached hydrogens (tertiary/aromatic N) is 2. The average Bonchev–Trinajstić information content (AvgIpc) is 2.73. The lowest BCUT2D eigenvalue weighted by Crippen LogP contribution is -2.05. The molecule has 2 aromatic heterocycles. The highest BCUT2D eigenvalue weighted by molar-refractivity contribution is 6.32. The quantitative estimate of drug-likeness (QED) is 0.788. The number of hydrogen-bond donors (Lipinski definition) is 0. The van der Waals surface area contributed by atoms with Crippen LogP contribution in [0.3, 0.4) is 0 Å². The molecule has 0 amide bonds. The van der Waals surface area contributed by atoms with Gasteiger partial charge in [0.1, 0.15) is 11.1 Å². The minimum atomic E-state index is -0.442. The fraction of sp³-hybridized carbons (Fsp3) is 0.273.